The number of benzene rings is 1. The third-order valence-electron chi connectivity index (χ3n) is 4.87. The number of nitrogens with zero attached hydrogens (tertiary/aromatic N) is 4. The van der Waals surface area contributed by atoms with E-state index in [4.69, 9.17) is 0 Å². The Bertz CT molecular complexity index is 829. The summed E-state index contributed by atoms with van der Waals surface area (Å²) in [6.45, 7) is 3.54. The van der Waals surface area contributed by atoms with Gasteiger partial charge in [0, 0.05) is 37.2 Å². The van der Waals surface area contributed by atoms with Crippen molar-refractivity contribution in [2.24, 2.45) is 0 Å². The van der Waals surface area contributed by atoms with Gasteiger partial charge in [-0.05, 0) is 38.0 Å². The predicted octanol–water partition coefficient (Wildman–Crippen LogP) is 1.84. The molecule has 1 atom stereocenters. The van der Waals surface area contributed by atoms with E-state index in [1.54, 1.807) is 17.0 Å². The SMILES string of the molecule is C[C@@H](NC(=O)c1cccc(N2CCCC2=O)c1)c1nnc2n1CCC2. The average molecular weight is 339 g/mol. The number of carbonyl (C=O) groups is 2. The number of rotatable bonds is 4. The van der Waals surface area contributed by atoms with Crippen LogP contribution in [-0.2, 0) is 17.8 Å². The minimum atomic E-state index is -0.219. The van der Waals surface area contributed by atoms with Crippen molar-refractivity contribution in [1.82, 2.24) is 20.1 Å². The van der Waals surface area contributed by atoms with E-state index in [-0.39, 0.29) is 17.9 Å². The number of carbonyl (C=O) groups excluding carboxylic acids is 2. The first-order chi connectivity index (χ1) is 12.1. The summed E-state index contributed by atoms with van der Waals surface area (Å²) < 4.78 is 2.09. The number of hydrogen-bond acceptors (Lipinski definition) is 4. The quantitative estimate of drug-likeness (QED) is 0.922. The van der Waals surface area contributed by atoms with Gasteiger partial charge in [0.15, 0.2) is 5.82 Å². The van der Waals surface area contributed by atoms with Crippen LogP contribution < -0.4 is 10.2 Å². The minimum absolute atomic E-state index is 0.116. The summed E-state index contributed by atoms with van der Waals surface area (Å²) in [6, 6.07) is 7.01. The fraction of sp³-hybridized carbons (Fsp3) is 0.444. The molecule has 130 valence electrons. The number of anilines is 1. The van der Waals surface area contributed by atoms with Gasteiger partial charge in [0.05, 0.1) is 6.04 Å². The van der Waals surface area contributed by atoms with E-state index >= 15 is 0 Å². The Hall–Kier alpha value is -2.70. The maximum absolute atomic E-state index is 12.6. The van der Waals surface area contributed by atoms with Crippen LogP contribution in [0.3, 0.4) is 0 Å². The van der Waals surface area contributed by atoms with Crippen molar-refractivity contribution in [3.63, 3.8) is 0 Å². The molecule has 4 rings (SSSR count). The number of amides is 2. The average Bonchev–Trinajstić information content (AvgIpc) is 3.31. The number of aromatic nitrogens is 3. The van der Waals surface area contributed by atoms with Gasteiger partial charge in [0.25, 0.3) is 5.91 Å². The summed E-state index contributed by atoms with van der Waals surface area (Å²) in [6.07, 6.45) is 3.46. The molecule has 2 aliphatic heterocycles. The molecule has 2 amide bonds. The second-order valence-electron chi connectivity index (χ2n) is 6.62. The lowest BCUT2D eigenvalue weighted by Gasteiger charge is -2.17. The van der Waals surface area contributed by atoms with Crippen molar-refractivity contribution < 1.29 is 9.59 Å². The molecule has 7 nitrogen and oxygen atoms in total. The Labute approximate surface area is 146 Å². The van der Waals surface area contributed by atoms with E-state index < -0.39 is 0 Å². The maximum Gasteiger partial charge on any atom is 0.251 e. The number of aryl methyl sites for hydroxylation is 1. The van der Waals surface area contributed by atoms with Crippen LogP contribution in [0.2, 0.25) is 0 Å². The molecule has 0 spiro atoms. The Morgan fingerprint density at radius 3 is 2.84 bits per heavy atom. The largest absolute Gasteiger partial charge is 0.342 e. The van der Waals surface area contributed by atoms with E-state index in [2.05, 4.69) is 20.1 Å². The zero-order chi connectivity index (χ0) is 17.4. The fourth-order valence-corrected chi connectivity index (χ4v) is 3.57. The normalized spacial score (nSPS) is 17.6. The molecule has 0 bridgehead atoms. The van der Waals surface area contributed by atoms with Crippen LogP contribution in [0.1, 0.15) is 54.2 Å². The molecule has 1 N–H and O–H groups in total. The second kappa shape index (κ2) is 6.31. The van der Waals surface area contributed by atoms with Gasteiger partial charge >= 0.3 is 0 Å². The standard InChI is InChI=1S/C18H21N5O2/c1-12(17-21-20-15-7-3-10-23(15)17)19-18(25)13-5-2-6-14(11-13)22-9-4-8-16(22)24/h2,5-6,11-12H,3-4,7-10H2,1H3,(H,19,25)/t12-/m1/s1. The fourth-order valence-electron chi connectivity index (χ4n) is 3.57. The monoisotopic (exact) mass is 339 g/mol. The first-order valence-corrected chi connectivity index (χ1v) is 8.77. The van der Waals surface area contributed by atoms with Crippen LogP contribution in [0.15, 0.2) is 24.3 Å². The van der Waals surface area contributed by atoms with Crippen LogP contribution >= 0.6 is 0 Å². The molecule has 0 saturated carbocycles. The molecular formula is C18H21N5O2. The molecule has 3 heterocycles. The topological polar surface area (TPSA) is 80.1 Å². The number of nitrogens with one attached hydrogen (secondary N) is 1. The van der Waals surface area contributed by atoms with Gasteiger partial charge in [0.2, 0.25) is 5.91 Å². The van der Waals surface area contributed by atoms with Gasteiger partial charge in [-0.2, -0.15) is 0 Å². The van der Waals surface area contributed by atoms with E-state index in [1.807, 2.05) is 19.1 Å². The molecule has 25 heavy (non-hydrogen) atoms. The smallest absolute Gasteiger partial charge is 0.251 e. The van der Waals surface area contributed by atoms with Crippen LogP contribution in [0.4, 0.5) is 5.69 Å². The van der Waals surface area contributed by atoms with E-state index in [9.17, 15) is 9.59 Å². The first kappa shape index (κ1) is 15.8. The number of hydrogen-bond donors (Lipinski definition) is 1. The summed E-state index contributed by atoms with van der Waals surface area (Å²) in [5.41, 5.74) is 1.33. The molecule has 7 heteroatoms. The molecule has 0 radical (unpaired) electrons. The second-order valence-corrected chi connectivity index (χ2v) is 6.62. The third kappa shape index (κ3) is 2.90. The van der Waals surface area contributed by atoms with Crippen molar-refractivity contribution in [3.05, 3.63) is 41.5 Å². The highest BCUT2D eigenvalue weighted by atomic mass is 16.2. The van der Waals surface area contributed by atoms with Gasteiger partial charge in [-0.3, -0.25) is 9.59 Å². The molecular weight excluding hydrogens is 318 g/mol. The van der Waals surface area contributed by atoms with Gasteiger partial charge in [0.1, 0.15) is 5.82 Å². The summed E-state index contributed by atoms with van der Waals surface area (Å²) in [5.74, 6) is 1.73. The highest BCUT2D eigenvalue weighted by Gasteiger charge is 2.24. The maximum atomic E-state index is 12.6. The Balaban J connectivity index is 1.50. The molecule has 1 fully saturated rings. The molecule has 1 aromatic heterocycles. The summed E-state index contributed by atoms with van der Waals surface area (Å²) in [4.78, 5) is 26.3. The van der Waals surface area contributed by atoms with Crippen molar-refractivity contribution in [1.29, 1.82) is 0 Å². The zero-order valence-electron chi connectivity index (χ0n) is 14.2. The molecule has 2 aromatic rings. The Morgan fingerprint density at radius 2 is 2.04 bits per heavy atom. The highest BCUT2D eigenvalue weighted by Crippen LogP contribution is 2.23. The molecule has 1 aromatic carbocycles. The minimum Gasteiger partial charge on any atom is -0.342 e. The van der Waals surface area contributed by atoms with Gasteiger partial charge in [-0.25, -0.2) is 0 Å². The van der Waals surface area contributed by atoms with Crippen molar-refractivity contribution in [3.8, 4) is 0 Å². The van der Waals surface area contributed by atoms with Crippen molar-refractivity contribution in [2.45, 2.75) is 45.2 Å². The summed E-state index contributed by atoms with van der Waals surface area (Å²) in [5, 5.41) is 11.4. The summed E-state index contributed by atoms with van der Waals surface area (Å²) in [7, 11) is 0. The van der Waals surface area contributed by atoms with Gasteiger partial charge < -0.3 is 14.8 Å². The Morgan fingerprint density at radius 1 is 1.20 bits per heavy atom. The lowest BCUT2D eigenvalue weighted by Crippen LogP contribution is -2.29. The molecule has 1 saturated heterocycles. The first-order valence-electron chi connectivity index (χ1n) is 8.77. The van der Waals surface area contributed by atoms with Crippen molar-refractivity contribution in [2.75, 3.05) is 11.4 Å². The Kier molecular flexibility index (Phi) is 3.99. The van der Waals surface area contributed by atoms with E-state index in [0.29, 0.717) is 18.5 Å². The molecule has 0 aliphatic carbocycles. The lowest BCUT2D eigenvalue weighted by atomic mass is 10.1. The molecule has 2 aliphatic rings. The predicted molar refractivity (Wildman–Crippen MR) is 92.3 cm³/mol. The van der Waals surface area contributed by atoms with Crippen LogP contribution in [-0.4, -0.2) is 33.1 Å². The van der Waals surface area contributed by atoms with E-state index in [0.717, 1.165) is 43.1 Å². The molecule has 0 unspecified atom stereocenters. The van der Waals surface area contributed by atoms with Crippen molar-refractivity contribution >= 4 is 17.5 Å². The zero-order valence-corrected chi connectivity index (χ0v) is 14.2. The van der Waals surface area contributed by atoms with Crippen LogP contribution in [0, 0.1) is 0 Å². The third-order valence-corrected chi connectivity index (χ3v) is 4.87. The van der Waals surface area contributed by atoms with Gasteiger partial charge in [-0.1, -0.05) is 6.07 Å². The van der Waals surface area contributed by atoms with Crippen LogP contribution in [0.25, 0.3) is 0 Å². The van der Waals surface area contributed by atoms with Gasteiger partial charge in [-0.15, -0.1) is 10.2 Å². The summed E-state index contributed by atoms with van der Waals surface area (Å²) >= 11 is 0. The van der Waals surface area contributed by atoms with E-state index in [1.165, 1.54) is 0 Å². The lowest BCUT2D eigenvalue weighted by molar-refractivity contribution is -0.117. The van der Waals surface area contributed by atoms with Crippen LogP contribution in [0.5, 0.6) is 0 Å². The highest BCUT2D eigenvalue weighted by molar-refractivity contribution is 5.99. The number of fused-ring (bicyclic) bond motifs is 1.